The number of benzene rings is 1. The fourth-order valence-corrected chi connectivity index (χ4v) is 6.79. The fraction of sp³-hybridized carbons (Fsp3) is 0.467. The van der Waals surface area contributed by atoms with Gasteiger partial charge in [-0.05, 0) is 93.7 Å². The molecule has 3 aromatic rings. The van der Waals surface area contributed by atoms with Crippen molar-refractivity contribution in [1.82, 2.24) is 25.0 Å². The number of hydrogen-bond acceptors (Lipinski definition) is 8. The predicted molar refractivity (Wildman–Crippen MR) is 159 cm³/mol. The van der Waals surface area contributed by atoms with Crippen LogP contribution in [0.4, 0.5) is 5.82 Å². The molecule has 1 N–H and O–H groups in total. The smallest absolute Gasteiger partial charge is 0.307 e. The Morgan fingerprint density at radius 3 is 2.37 bits per heavy atom. The minimum Gasteiger partial charge on any atom is -0.481 e. The Morgan fingerprint density at radius 1 is 0.927 bits per heavy atom. The molecular weight excluding hydrogens is 563 g/mol. The van der Waals surface area contributed by atoms with E-state index in [4.69, 9.17) is 32.9 Å². The summed E-state index contributed by atoms with van der Waals surface area (Å²) in [7, 11) is 2.14. The predicted octanol–water partition coefficient (Wildman–Crippen LogP) is 5.32. The molecule has 1 aromatic carbocycles. The van der Waals surface area contributed by atoms with Gasteiger partial charge in [-0.15, -0.1) is 10.2 Å². The van der Waals surface area contributed by atoms with Crippen molar-refractivity contribution in [3.05, 3.63) is 58.1 Å². The lowest BCUT2D eigenvalue weighted by molar-refractivity contribution is -0.139. The number of aromatic nitrogens is 3. The van der Waals surface area contributed by atoms with E-state index in [0.29, 0.717) is 45.9 Å². The van der Waals surface area contributed by atoms with Crippen LogP contribution in [-0.2, 0) is 11.3 Å². The Balaban J connectivity index is 1.21. The molecule has 2 aliphatic heterocycles. The molecule has 3 aliphatic rings. The maximum Gasteiger partial charge on any atom is 0.307 e. The number of rotatable bonds is 7. The molecule has 216 valence electrons. The fourth-order valence-electron chi connectivity index (χ4n) is 6.26. The molecule has 11 heteroatoms. The highest BCUT2D eigenvalue weighted by atomic mass is 35.5. The standard InChI is InChI=1S/C30H34Cl2N6O3/c1-36-7-2-8-38(12-11-36)26-3-4-27(35-34-26)41-28-14-19(13-25(33-28)20-15-21(31)17-22(32)16-20)18-37-9-5-23-24(6-10-37)29(23)30(39)40/h3-4,13-17,23-24,29H,2,5-12,18H2,1H3,(H,39,40). The van der Waals surface area contributed by atoms with E-state index in [9.17, 15) is 9.90 Å². The zero-order valence-corrected chi connectivity index (χ0v) is 24.6. The molecule has 2 aromatic heterocycles. The summed E-state index contributed by atoms with van der Waals surface area (Å²) < 4.78 is 6.14. The van der Waals surface area contributed by atoms with Gasteiger partial charge in [0.2, 0.25) is 11.8 Å². The summed E-state index contributed by atoms with van der Waals surface area (Å²) in [4.78, 5) is 23.2. The SMILES string of the molecule is CN1CCCN(c2ccc(Oc3cc(CN4CCC5C(CC4)C5C(=O)O)cc(-c4cc(Cl)cc(Cl)c4)n3)nn2)CC1. The molecule has 41 heavy (non-hydrogen) atoms. The van der Waals surface area contributed by atoms with E-state index in [2.05, 4.69) is 31.9 Å². The summed E-state index contributed by atoms with van der Waals surface area (Å²) in [5.74, 6) is 1.41. The van der Waals surface area contributed by atoms with Crippen molar-refractivity contribution in [3.63, 3.8) is 0 Å². The maximum atomic E-state index is 11.5. The first-order chi connectivity index (χ1) is 19.8. The monoisotopic (exact) mass is 596 g/mol. The number of nitrogens with zero attached hydrogens (tertiary/aromatic N) is 6. The summed E-state index contributed by atoms with van der Waals surface area (Å²) in [6.07, 6.45) is 2.89. The quantitative estimate of drug-likeness (QED) is 0.388. The highest BCUT2D eigenvalue weighted by molar-refractivity contribution is 6.35. The molecular formula is C30H34Cl2N6O3. The van der Waals surface area contributed by atoms with Crippen LogP contribution in [0.2, 0.25) is 10.0 Å². The van der Waals surface area contributed by atoms with Gasteiger partial charge in [0.25, 0.3) is 0 Å². The Bertz CT molecular complexity index is 1370. The molecule has 2 atom stereocenters. The van der Waals surface area contributed by atoms with Crippen LogP contribution in [0.5, 0.6) is 11.8 Å². The average molecular weight is 598 g/mol. The summed E-state index contributed by atoms with van der Waals surface area (Å²) in [6, 6.07) is 13.1. The van der Waals surface area contributed by atoms with Gasteiger partial charge in [0, 0.05) is 53.9 Å². The number of pyridine rings is 1. The number of likely N-dealkylation sites (N-methyl/N-ethyl adjacent to an activating group) is 1. The molecule has 0 amide bonds. The third-order valence-electron chi connectivity index (χ3n) is 8.48. The van der Waals surface area contributed by atoms with E-state index in [1.165, 1.54) is 0 Å². The summed E-state index contributed by atoms with van der Waals surface area (Å²) >= 11 is 12.6. The largest absolute Gasteiger partial charge is 0.481 e. The van der Waals surface area contributed by atoms with E-state index in [1.54, 1.807) is 6.07 Å². The molecule has 2 saturated heterocycles. The van der Waals surface area contributed by atoms with Crippen LogP contribution in [0.15, 0.2) is 42.5 Å². The molecule has 2 unspecified atom stereocenters. The number of carboxylic acids is 1. The number of halogens is 2. The van der Waals surface area contributed by atoms with Crippen molar-refractivity contribution < 1.29 is 14.6 Å². The van der Waals surface area contributed by atoms with Crippen molar-refractivity contribution in [2.45, 2.75) is 25.8 Å². The normalized spacial score (nSPS) is 23.4. The van der Waals surface area contributed by atoms with Crippen LogP contribution in [-0.4, -0.2) is 82.4 Å². The second-order valence-electron chi connectivity index (χ2n) is 11.4. The topological polar surface area (TPSA) is 94.9 Å². The van der Waals surface area contributed by atoms with Gasteiger partial charge in [-0.25, -0.2) is 4.98 Å². The van der Waals surface area contributed by atoms with Gasteiger partial charge < -0.3 is 19.6 Å². The van der Waals surface area contributed by atoms with Crippen molar-refractivity contribution in [2.24, 2.45) is 17.8 Å². The van der Waals surface area contributed by atoms with Gasteiger partial charge in [-0.2, -0.15) is 0 Å². The molecule has 3 fully saturated rings. The Labute approximate surface area is 250 Å². The molecule has 1 saturated carbocycles. The molecule has 6 rings (SSSR count). The second kappa shape index (κ2) is 12.1. The molecule has 0 spiro atoms. The van der Waals surface area contributed by atoms with Crippen molar-refractivity contribution >= 4 is 35.0 Å². The van der Waals surface area contributed by atoms with Crippen LogP contribution in [0.1, 0.15) is 24.8 Å². The lowest BCUT2D eigenvalue weighted by atomic mass is 10.1. The van der Waals surface area contributed by atoms with E-state index in [1.807, 2.05) is 36.4 Å². The number of ether oxygens (including phenoxy) is 1. The average Bonchev–Trinajstić information content (AvgIpc) is 3.71. The molecule has 4 heterocycles. The number of fused-ring (bicyclic) bond motifs is 1. The third-order valence-corrected chi connectivity index (χ3v) is 8.92. The maximum absolute atomic E-state index is 11.5. The molecule has 1 aliphatic carbocycles. The first-order valence-corrected chi connectivity index (χ1v) is 15.0. The number of hydrogen-bond donors (Lipinski definition) is 1. The summed E-state index contributed by atoms with van der Waals surface area (Å²) in [6.45, 7) is 6.35. The first-order valence-electron chi connectivity index (χ1n) is 14.2. The zero-order chi connectivity index (χ0) is 28.5. The Morgan fingerprint density at radius 2 is 1.68 bits per heavy atom. The van der Waals surface area contributed by atoms with Crippen molar-refractivity contribution in [2.75, 3.05) is 51.2 Å². The number of anilines is 1. The van der Waals surface area contributed by atoms with Gasteiger partial charge in [0.15, 0.2) is 5.82 Å². The van der Waals surface area contributed by atoms with E-state index in [0.717, 1.165) is 75.5 Å². The highest BCUT2D eigenvalue weighted by Crippen LogP contribution is 2.52. The van der Waals surface area contributed by atoms with Crippen LogP contribution in [0.3, 0.4) is 0 Å². The highest BCUT2D eigenvalue weighted by Gasteiger charge is 2.54. The summed E-state index contributed by atoms with van der Waals surface area (Å²) in [5, 5.41) is 19.3. The van der Waals surface area contributed by atoms with Gasteiger partial charge in [-0.3, -0.25) is 9.69 Å². The zero-order valence-electron chi connectivity index (χ0n) is 23.0. The molecule has 9 nitrogen and oxygen atoms in total. The Kier molecular flexibility index (Phi) is 8.30. The molecule has 0 bridgehead atoms. The first kappa shape index (κ1) is 28.2. The minimum absolute atomic E-state index is 0.162. The van der Waals surface area contributed by atoms with Crippen molar-refractivity contribution in [1.29, 1.82) is 0 Å². The van der Waals surface area contributed by atoms with Crippen molar-refractivity contribution in [3.8, 4) is 23.0 Å². The Hall–Kier alpha value is -2.98. The van der Waals surface area contributed by atoms with Crippen LogP contribution in [0.25, 0.3) is 11.3 Å². The van der Waals surface area contributed by atoms with E-state index >= 15 is 0 Å². The second-order valence-corrected chi connectivity index (χ2v) is 12.3. The van der Waals surface area contributed by atoms with Gasteiger partial charge in [0.1, 0.15) is 0 Å². The van der Waals surface area contributed by atoms with Crippen LogP contribution in [0, 0.1) is 17.8 Å². The van der Waals surface area contributed by atoms with Crippen LogP contribution >= 0.6 is 23.2 Å². The number of aliphatic carboxylic acids is 1. The summed E-state index contributed by atoms with van der Waals surface area (Å²) in [5.41, 5.74) is 2.52. The van der Waals surface area contributed by atoms with Gasteiger partial charge in [0.05, 0.1) is 11.6 Å². The number of likely N-dealkylation sites (tertiary alicyclic amines) is 1. The van der Waals surface area contributed by atoms with Crippen LogP contribution < -0.4 is 9.64 Å². The molecule has 0 radical (unpaired) electrons. The number of carboxylic acid groups (broad SMARTS) is 1. The van der Waals surface area contributed by atoms with E-state index < -0.39 is 5.97 Å². The number of carbonyl (C=O) groups is 1. The van der Waals surface area contributed by atoms with Gasteiger partial charge in [-0.1, -0.05) is 23.2 Å². The van der Waals surface area contributed by atoms with E-state index in [-0.39, 0.29) is 5.92 Å². The lowest BCUT2D eigenvalue weighted by Gasteiger charge is -2.22. The minimum atomic E-state index is -0.649. The van der Waals surface area contributed by atoms with Gasteiger partial charge >= 0.3 is 5.97 Å². The lowest BCUT2D eigenvalue weighted by Crippen LogP contribution is -2.29. The third kappa shape index (κ3) is 6.75.